The molecule has 0 radical (unpaired) electrons. The summed E-state index contributed by atoms with van der Waals surface area (Å²) < 4.78 is 20.2. The molecule has 1 aliphatic heterocycles. The molecule has 0 bridgehead atoms. The molecule has 0 aromatic heterocycles. The van der Waals surface area contributed by atoms with Gasteiger partial charge in [-0.25, -0.2) is 4.39 Å². The van der Waals surface area contributed by atoms with Crippen LogP contribution >= 0.6 is 0 Å². The Morgan fingerprint density at radius 2 is 2.00 bits per heavy atom. The second kappa shape index (κ2) is 7.66. The minimum Gasteiger partial charge on any atom is -0.493 e. The Balaban J connectivity index is 1.56. The van der Waals surface area contributed by atoms with E-state index < -0.39 is 0 Å². The summed E-state index contributed by atoms with van der Waals surface area (Å²) in [5, 5.41) is 5.86. The molecule has 0 aliphatic carbocycles. The molecule has 0 fully saturated rings. The lowest BCUT2D eigenvalue weighted by Crippen LogP contribution is -2.25. The third-order valence-electron chi connectivity index (χ3n) is 4.27. The third kappa shape index (κ3) is 4.37. The molecular formula is C20H23FN2O2. The van der Waals surface area contributed by atoms with E-state index in [1.807, 2.05) is 32.0 Å². The molecule has 132 valence electrons. The molecule has 0 saturated heterocycles. The highest BCUT2D eigenvalue weighted by Crippen LogP contribution is 2.24. The first-order valence-electron chi connectivity index (χ1n) is 8.55. The number of benzene rings is 2. The van der Waals surface area contributed by atoms with Crippen LogP contribution in [0.4, 0.5) is 10.1 Å². The van der Waals surface area contributed by atoms with E-state index in [1.54, 1.807) is 6.07 Å². The maximum absolute atomic E-state index is 14.5. The van der Waals surface area contributed by atoms with E-state index in [2.05, 4.69) is 16.7 Å². The maximum Gasteiger partial charge on any atom is 0.227 e. The van der Waals surface area contributed by atoms with Crippen molar-refractivity contribution in [3.8, 4) is 5.75 Å². The van der Waals surface area contributed by atoms with Crippen molar-refractivity contribution in [2.75, 3.05) is 18.5 Å². The number of halogens is 1. The van der Waals surface area contributed by atoms with Crippen LogP contribution in [0.1, 0.15) is 28.7 Å². The van der Waals surface area contributed by atoms with Crippen LogP contribution in [0.15, 0.2) is 30.3 Å². The van der Waals surface area contributed by atoms with E-state index in [1.165, 1.54) is 0 Å². The standard InChI is InChI=1S/C20H23FN2O2/c1-13-9-14(2)11-16(10-13)25-8-6-19(24)23-18-4-3-15-12-22-7-5-17(15)20(18)21/h3-4,9-11,22H,5-8,12H2,1-2H3,(H,23,24). The van der Waals surface area contributed by atoms with Gasteiger partial charge in [-0.15, -0.1) is 0 Å². The number of amides is 1. The van der Waals surface area contributed by atoms with Crippen molar-refractivity contribution in [2.24, 2.45) is 0 Å². The molecule has 0 spiro atoms. The summed E-state index contributed by atoms with van der Waals surface area (Å²) in [5.74, 6) is 0.178. The first-order chi connectivity index (χ1) is 12.0. The maximum atomic E-state index is 14.5. The molecule has 4 nitrogen and oxygen atoms in total. The third-order valence-corrected chi connectivity index (χ3v) is 4.27. The Morgan fingerprint density at radius 3 is 2.76 bits per heavy atom. The van der Waals surface area contributed by atoms with Crippen molar-refractivity contribution in [3.63, 3.8) is 0 Å². The molecule has 3 rings (SSSR count). The number of carbonyl (C=O) groups is 1. The number of anilines is 1. The molecule has 1 heterocycles. The van der Waals surface area contributed by atoms with Gasteiger partial charge in [-0.3, -0.25) is 4.79 Å². The van der Waals surface area contributed by atoms with Crippen molar-refractivity contribution < 1.29 is 13.9 Å². The lowest BCUT2D eigenvalue weighted by atomic mass is 9.99. The van der Waals surface area contributed by atoms with E-state index >= 15 is 0 Å². The number of ether oxygens (including phenoxy) is 1. The first-order valence-corrected chi connectivity index (χ1v) is 8.55. The van der Waals surface area contributed by atoms with E-state index in [4.69, 9.17) is 4.74 Å². The zero-order chi connectivity index (χ0) is 17.8. The Hall–Kier alpha value is -2.40. The quantitative estimate of drug-likeness (QED) is 0.874. The molecular weight excluding hydrogens is 319 g/mol. The zero-order valence-electron chi connectivity index (χ0n) is 14.6. The fourth-order valence-corrected chi connectivity index (χ4v) is 3.12. The van der Waals surface area contributed by atoms with E-state index in [0.29, 0.717) is 18.5 Å². The van der Waals surface area contributed by atoms with Crippen molar-refractivity contribution >= 4 is 11.6 Å². The van der Waals surface area contributed by atoms with Crippen LogP contribution in [0, 0.1) is 19.7 Å². The lowest BCUT2D eigenvalue weighted by molar-refractivity contribution is -0.116. The number of hydrogen-bond donors (Lipinski definition) is 2. The van der Waals surface area contributed by atoms with Gasteiger partial charge in [0, 0.05) is 6.54 Å². The monoisotopic (exact) mass is 342 g/mol. The minimum absolute atomic E-state index is 0.172. The smallest absolute Gasteiger partial charge is 0.227 e. The number of fused-ring (bicyclic) bond motifs is 1. The van der Waals surface area contributed by atoms with Crippen molar-refractivity contribution in [2.45, 2.75) is 33.2 Å². The van der Waals surface area contributed by atoms with Crippen molar-refractivity contribution in [3.05, 3.63) is 58.4 Å². The summed E-state index contributed by atoms with van der Waals surface area (Å²) in [5.41, 5.74) is 4.13. The summed E-state index contributed by atoms with van der Waals surface area (Å²) >= 11 is 0. The SMILES string of the molecule is Cc1cc(C)cc(OCCC(=O)Nc2ccc3c(c2F)CCNC3)c1. The van der Waals surface area contributed by atoms with Gasteiger partial charge in [0.05, 0.1) is 18.7 Å². The van der Waals surface area contributed by atoms with E-state index in [9.17, 15) is 9.18 Å². The van der Waals surface area contributed by atoms with Crippen LogP contribution in [-0.2, 0) is 17.8 Å². The molecule has 1 amide bonds. The molecule has 2 aromatic rings. The normalized spacial score (nSPS) is 13.2. The highest BCUT2D eigenvalue weighted by molar-refractivity contribution is 5.91. The zero-order valence-corrected chi connectivity index (χ0v) is 14.6. The molecule has 5 heteroatoms. The van der Waals surface area contributed by atoms with Gasteiger partial charge in [0.15, 0.2) is 0 Å². The Bertz CT molecular complexity index is 769. The lowest BCUT2D eigenvalue weighted by Gasteiger charge is -2.19. The fraction of sp³-hybridized carbons (Fsp3) is 0.350. The Labute approximate surface area is 147 Å². The second-order valence-electron chi connectivity index (χ2n) is 6.46. The van der Waals surface area contributed by atoms with Gasteiger partial charge < -0.3 is 15.4 Å². The van der Waals surface area contributed by atoms with Gasteiger partial charge >= 0.3 is 0 Å². The molecule has 0 unspecified atom stereocenters. The first kappa shape index (κ1) is 17.4. The molecule has 1 aliphatic rings. The summed E-state index contributed by atoms with van der Waals surface area (Å²) in [7, 11) is 0. The Kier molecular flexibility index (Phi) is 5.34. The number of carbonyl (C=O) groups excluding carboxylic acids is 1. The molecule has 0 atom stereocenters. The van der Waals surface area contributed by atoms with E-state index in [-0.39, 0.29) is 30.4 Å². The molecule has 2 aromatic carbocycles. The van der Waals surface area contributed by atoms with Crippen LogP contribution in [0.25, 0.3) is 0 Å². The van der Waals surface area contributed by atoms with Gasteiger partial charge in [-0.1, -0.05) is 12.1 Å². The van der Waals surface area contributed by atoms with Crippen LogP contribution in [0.3, 0.4) is 0 Å². The highest BCUT2D eigenvalue weighted by atomic mass is 19.1. The van der Waals surface area contributed by atoms with E-state index in [0.717, 1.165) is 29.0 Å². The summed E-state index contributed by atoms with van der Waals surface area (Å²) in [6.07, 6.45) is 0.811. The molecule has 0 saturated carbocycles. The van der Waals surface area contributed by atoms with Crippen LogP contribution in [-0.4, -0.2) is 19.1 Å². The van der Waals surface area contributed by atoms with Crippen LogP contribution in [0.5, 0.6) is 5.75 Å². The predicted molar refractivity (Wildman–Crippen MR) is 96.5 cm³/mol. The molecule has 2 N–H and O–H groups in total. The fourth-order valence-electron chi connectivity index (χ4n) is 3.12. The number of aryl methyl sites for hydroxylation is 2. The topological polar surface area (TPSA) is 50.4 Å². The summed E-state index contributed by atoms with van der Waals surface area (Å²) in [6.45, 7) is 5.68. The molecule has 25 heavy (non-hydrogen) atoms. The summed E-state index contributed by atoms with van der Waals surface area (Å²) in [6, 6.07) is 9.42. The van der Waals surface area contributed by atoms with Gasteiger partial charge in [-0.2, -0.15) is 0 Å². The van der Waals surface area contributed by atoms with Gasteiger partial charge in [0.2, 0.25) is 5.91 Å². The van der Waals surface area contributed by atoms with Gasteiger partial charge in [0.1, 0.15) is 11.6 Å². The highest BCUT2D eigenvalue weighted by Gasteiger charge is 2.17. The van der Waals surface area contributed by atoms with Crippen LogP contribution in [0.2, 0.25) is 0 Å². The second-order valence-corrected chi connectivity index (χ2v) is 6.46. The predicted octanol–water partition coefficient (Wildman–Crippen LogP) is 3.50. The van der Waals surface area contributed by atoms with Crippen molar-refractivity contribution in [1.82, 2.24) is 5.32 Å². The largest absolute Gasteiger partial charge is 0.493 e. The minimum atomic E-state index is -0.317. The number of hydrogen-bond acceptors (Lipinski definition) is 3. The van der Waals surface area contributed by atoms with Crippen molar-refractivity contribution in [1.29, 1.82) is 0 Å². The van der Waals surface area contributed by atoms with Gasteiger partial charge in [0.25, 0.3) is 0 Å². The summed E-state index contributed by atoms with van der Waals surface area (Å²) in [4.78, 5) is 12.1. The average Bonchev–Trinajstić information content (AvgIpc) is 2.57. The number of nitrogens with one attached hydrogen (secondary N) is 2. The number of rotatable bonds is 5. The van der Waals surface area contributed by atoms with Gasteiger partial charge in [-0.05, 0) is 67.3 Å². The van der Waals surface area contributed by atoms with Crippen LogP contribution < -0.4 is 15.4 Å². The Morgan fingerprint density at radius 1 is 1.24 bits per heavy atom. The average molecular weight is 342 g/mol.